The number of nitrogens with zero attached hydrogens (tertiary/aromatic N) is 4. The summed E-state index contributed by atoms with van der Waals surface area (Å²) >= 11 is 0. The molecule has 8 rings (SSSR count). The lowest BCUT2D eigenvalue weighted by atomic mass is 9.92. The molecule has 6 aromatic carbocycles. The molecule has 252 valence electrons. The summed E-state index contributed by atoms with van der Waals surface area (Å²) in [6, 6.07) is 53.2. The zero-order valence-electron chi connectivity index (χ0n) is 29.4. The molecule has 0 N–H and O–H groups in total. The Labute approximate surface area is 310 Å². The highest BCUT2D eigenvalue weighted by Crippen LogP contribution is 2.36. The molecular weight excluding hydrogens is 645 g/mol. The lowest BCUT2D eigenvalue weighted by Crippen LogP contribution is -2.02. The van der Waals surface area contributed by atoms with Gasteiger partial charge in [0.2, 0.25) is 0 Å². The van der Waals surface area contributed by atoms with Crippen molar-refractivity contribution in [2.75, 3.05) is 0 Å². The van der Waals surface area contributed by atoms with Crippen molar-refractivity contribution in [2.24, 2.45) is 0 Å². The maximum atomic E-state index is 5.09. The van der Waals surface area contributed by atoms with Gasteiger partial charge in [-0.1, -0.05) is 146 Å². The molecule has 0 aliphatic rings. The average Bonchev–Trinajstić information content (AvgIpc) is 3.24. The van der Waals surface area contributed by atoms with E-state index in [0.29, 0.717) is 17.5 Å². The van der Waals surface area contributed by atoms with E-state index < -0.39 is 0 Å². The Bertz CT molecular complexity index is 2620. The van der Waals surface area contributed by atoms with Crippen LogP contribution in [0.2, 0.25) is 0 Å². The van der Waals surface area contributed by atoms with Gasteiger partial charge in [0, 0.05) is 29.1 Å². The van der Waals surface area contributed by atoms with Crippen LogP contribution in [0.15, 0.2) is 195 Å². The number of benzene rings is 6. The molecule has 4 nitrogen and oxygen atoms in total. The summed E-state index contributed by atoms with van der Waals surface area (Å²) in [6.45, 7) is 5.93. The Hall–Kier alpha value is -7.04. The smallest absolute Gasteiger partial charge is 0.164 e. The molecule has 0 aliphatic heterocycles. The quantitative estimate of drug-likeness (QED) is 0.142. The summed E-state index contributed by atoms with van der Waals surface area (Å²) < 4.78 is 0. The minimum absolute atomic E-state index is 0.581. The molecule has 0 bridgehead atoms. The van der Waals surface area contributed by atoms with E-state index >= 15 is 0 Å². The molecule has 0 aliphatic carbocycles. The van der Waals surface area contributed by atoms with Crippen LogP contribution in [0.4, 0.5) is 0 Å². The Kier molecular flexibility index (Phi) is 9.41. The molecule has 0 unspecified atom stereocenters. The van der Waals surface area contributed by atoms with Crippen molar-refractivity contribution >= 4 is 16.3 Å². The van der Waals surface area contributed by atoms with Gasteiger partial charge in [-0.25, -0.2) is 15.0 Å². The van der Waals surface area contributed by atoms with Gasteiger partial charge in [-0.2, -0.15) is 0 Å². The first kappa shape index (κ1) is 33.1. The third-order valence-electron chi connectivity index (χ3n) is 9.29. The topological polar surface area (TPSA) is 51.6 Å². The van der Waals surface area contributed by atoms with Crippen LogP contribution < -0.4 is 0 Å². The van der Waals surface area contributed by atoms with Crippen molar-refractivity contribution in [3.8, 4) is 67.3 Å². The third kappa shape index (κ3) is 7.12. The monoisotopic (exact) mass is 680 g/mol. The predicted molar refractivity (Wildman–Crippen MR) is 221 cm³/mol. The Morgan fingerprint density at radius 1 is 0.491 bits per heavy atom. The average molecular weight is 681 g/mol. The van der Waals surface area contributed by atoms with Crippen molar-refractivity contribution in [1.82, 2.24) is 19.9 Å². The highest BCUT2D eigenvalue weighted by Gasteiger charge is 2.16. The second-order valence-corrected chi connectivity index (χ2v) is 12.7. The van der Waals surface area contributed by atoms with E-state index in [0.717, 1.165) is 50.1 Å². The van der Waals surface area contributed by atoms with Gasteiger partial charge < -0.3 is 0 Å². The molecule has 0 fully saturated rings. The van der Waals surface area contributed by atoms with Gasteiger partial charge in [-0.05, 0) is 98.6 Å². The summed E-state index contributed by atoms with van der Waals surface area (Å²) in [7, 11) is 0. The van der Waals surface area contributed by atoms with E-state index in [1.807, 2.05) is 80.0 Å². The first-order chi connectivity index (χ1) is 26.2. The summed E-state index contributed by atoms with van der Waals surface area (Å²) in [5.74, 6) is 1.78. The van der Waals surface area contributed by atoms with Gasteiger partial charge in [0.05, 0.1) is 0 Å². The molecule has 0 atom stereocenters. The van der Waals surface area contributed by atoms with Crippen LogP contribution in [0.3, 0.4) is 0 Å². The van der Waals surface area contributed by atoms with Crippen molar-refractivity contribution in [1.29, 1.82) is 0 Å². The molecule has 0 spiro atoms. The first-order valence-electron chi connectivity index (χ1n) is 17.7. The Balaban J connectivity index is 1.31. The van der Waals surface area contributed by atoms with E-state index in [2.05, 4.69) is 121 Å². The van der Waals surface area contributed by atoms with Crippen LogP contribution in [0.1, 0.15) is 12.7 Å². The van der Waals surface area contributed by atoms with Crippen molar-refractivity contribution in [3.63, 3.8) is 0 Å². The molecule has 53 heavy (non-hydrogen) atoms. The number of hydrogen-bond acceptors (Lipinski definition) is 4. The summed E-state index contributed by atoms with van der Waals surface area (Å²) in [5.41, 5.74) is 11.6. The predicted octanol–water partition coefficient (Wildman–Crippen LogP) is 12.6. The van der Waals surface area contributed by atoms with E-state index in [1.165, 1.54) is 21.9 Å². The van der Waals surface area contributed by atoms with Crippen molar-refractivity contribution in [2.45, 2.75) is 6.92 Å². The van der Waals surface area contributed by atoms with Crippen LogP contribution >= 0.6 is 0 Å². The molecule has 4 heteroatoms. The molecule has 0 radical (unpaired) electrons. The zero-order chi connectivity index (χ0) is 36.0. The van der Waals surface area contributed by atoms with Crippen LogP contribution in [-0.2, 0) is 0 Å². The largest absolute Gasteiger partial charge is 0.265 e. The van der Waals surface area contributed by atoms with E-state index in [9.17, 15) is 0 Å². The maximum absolute atomic E-state index is 5.09. The van der Waals surface area contributed by atoms with Crippen molar-refractivity contribution < 1.29 is 0 Å². The second kappa shape index (κ2) is 15.1. The van der Waals surface area contributed by atoms with Crippen LogP contribution in [-0.4, -0.2) is 19.9 Å². The van der Waals surface area contributed by atoms with Gasteiger partial charge in [-0.3, -0.25) is 4.98 Å². The standard InChI is InChI=1S/C49H36N4/c1-3-12-38(13-4-2)47-51-48(39-15-6-5-7-16-39)53-49(52-47)44-32-42(31-43(33-44)41-19-10-18-40(30-41)35-26-28-50-29-27-35)34-22-24-37(25-23-34)46-21-11-17-36-14-8-9-20-45(36)46/h3-33H,1H2,2H3/b13-4-,38-12+. The zero-order valence-corrected chi connectivity index (χ0v) is 29.4. The molecule has 0 amide bonds. The summed E-state index contributed by atoms with van der Waals surface area (Å²) in [5, 5.41) is 2.47. The van der Waals surface area contributed by atoms with Gasteiger partial charge >= 0.3 is 0 Å². The molecule has 0 saturated heterocycles. The van der Waals surface area contributed by atoms with E-state index in [-0.39, 0.29) is 0 Å². The third-order valence-corrected chi connectivity index (χ3v) is 9.29. The Morgan fingerprint density at radius 3 is 1.81 bits per heavy atom. The van der Waals surface area contributed by atoms with Gasteiger partial charge in [0.25, 0.3) is 0 Å². The highest BCUT2D eigenvalue weighted by molar-refractivity contribution is 5.97. The minimum Gasteiger partial charge on any atom is -0.265 e. The minimum atomic E-state index is 0.581. The number of allylic oxidation sites excluding steroid dienone is 5. The first-order valence-corrected chi connectivity index (χ1v) is 17.7. The van der Waals surface area contributed by atoms with E-state index in [1.54, 1.807) is 6.08 Å². The fourth-order valence-electron chi connectivity index (χ4n) is 6.69. The number of hydrogen-bond donors (Lipinski definition) is 0. The van der Waals surface area contributed by atoms with Crippen LogP contribution in [0.25, 0.3) is 83.6 Å². The van der Waals surface area contributed by atoms with Crippen LogP contribution in [0.5, 0.6) is 0 Å². The molecule has 2 heterocycles. The van der Waals surface area contributed by atoms with E-state index in [4.69, 9.17) is 15.0 Å². The second-order valence-electron chi connectivity index (χ2n) is 12.7. The molecule has 2 aromatic heterocycles. The number of pyridine rings is 1. The normalized spacial score (nSPS) is 11.6. The van der Waals surface area contributed by atoms with Gasteiger partial charge in [-0.15, -0.1) is 0 Å². The lowest BCUT2D eigenvalue weighted by Gasteiger charge is -2.14. The maximum Gasteiger partial charge on any atom is 0.164 e. The van der Waals surface area contributed by atoms with Crippen molar-refractivity contribution in [3.05, 3.63) is 201 Å². The lowest BCUT2D eigenvalue weighted by molar-refractivity contribution is 1.04. The Morgan fingerprint density at radius 2 is 1.06 bits per heavy atom. The summed E-state index contributed by atoms with van der Waals surface area (Å²) in [6.07, 6.45) is 11.3. The number of rotatable bonds is 9. The fraction of sp³-hybridized carbons (Fsp3) is 0.0204. The SMILES string of the molecule is C=C/C=C(\C=C/C)c1nc(-c2ccccc2)nc(-c2cc(-c3ccc(-c4cccc5ccccc45)cc3)cc(-c3cccc(-c4ccncc4)c3)c2)n1. The van der Waals surface area contributed by atoms with Crippen LogP contribution in [0, 0.1) is 0 Å². The number of fused-ring (bicyclic) bond motifs is 1. The number of aromatic nitrogens is 4. The molecule has 0 saturated carbocycles. The summed E-state index contributed by atoms with van der Waals surface area (Å²) in [4.78, 5) is 19.3. The highest BCUT2D eigenvalue weighted by atomic mass is 15.0. The van der Waals surface area contributed by atoms with Gasteiger partial charge in [0.1, 0.15) is 0 Å². The molecular formula is C49H36N4. The fourth-order valence-corrected chi connectivity index (χ4v) is 6.69. The molecule has 8 aromatic rings. The van der Waals surface area contributed by atoms with Gasteiger partial charge in [0.15, 0.2) is 17.5 Å².